The third-order valence-electron chi connectivity index (χ3n) is 3.87. The van der Waals surface area contributed by atoms with Crippen LogP contribution in [0.4, 0.5) is 0 Å². The van der Waals surface area contributed by atoms with E-state index < -0.39 is 0 Å². The number of guanidine groups is 1. The Balaban J connectivity index is 1.42. The lowest BCUT2D eigenvalue weighted by molar-refractivity contribution is 0.421. The van der Waals surface area contributed by atoms with Crippen molar-refractivity contribution in [3.63, 3.8) is 0 Å². The number of rotatable bonds is 8. The molecule has 0 spiro atoms. The van der Waals surface area contributed by atoms with Gasteiger partial charge in [-0.1, -0.05) is 18.1 Å². The molecule has 0 amide bonds. The monoisotopic (exact) mass is 369 g/mol. The molecule has 0 saturated carbocycles. The van der Waals surface area contributed by atoms with Crippen molar-refractivity contribution >= 4 is 5.96 Å². The average molecular weight is 369 g/mol. The first-order valence-corrected chi connectivity index (χ1v) is 8.85. The zero-order valence-electron chi connectivity index (χ0n) is 15.5. The van der Waals surface area contributed by atoms with E-state index in [1.165, 1.54) is 0 Å². The van der Waals surface area contributed by atoms with Crippen molar-refractivity contribution in [2.45, 2.75) is 26.3 Å². The normalized spacial score (nSPS) is 11.6. The zero-order valence-corrected chi connectivity index (χ0v) is 15.5. The minimum Gasteiger partial charge on any atom is -0.356 e. The van der Waals surface area contributed by atoms with E-state index in [2.05, 4.69) is 47.9 Å². The number of hydrogen-bond donors (Lipinski definition) is 2. The largest absolute Gasteiger partial charge is 0.356 e. The highest BCUT2D eigenvalue weighted by molar-refractivity contribution is 5.79. The lowest BCUT2D eigenvalue weighted by Gasteiger charge is -2.12. The SMILES string of the molecule is CCc1nncn1CCNC(=NC)NCCc1noc(-c2ccccn2)n1. The molecule has 2 N–H and O–H groups in total. The fourth-order valence-electron chi connectivity index (χ4n) is 2.50. The van der Waals surface area contributed by atoms with Crippen LogP contribution in [-0.4, -0.2) is 56.0 Å². The predicted molar refractivity (Wildman–Crippen MR) is 100.0 cm³/mol. The van der Waals surface area contributed by atoms with E-state index >= 15 is 0 Å². The maximum absolute atomic E-state index is 5.25. The molecule has 0 fully saturated rings. The minimum absolute atomic E-state index is 0.425. The first-order chi connectivity index (χ1) is 13.3. The van der Waals surface area contributed by atoms with Crippen molar-refractivity contribution in [3.8, 4) is 11.6 Å². The number of aliphatic imine (C=N–C) groups is 1. The maximum atomic E-state index is 5.25. The smallest absolute Gasteiger partial charge is 0.276 e. The molecule has 0 aliphatic carbocycles. The van der Waals surface area contributed by atoms with Gasteiger partial charge in [-0.2, -0.15) is 4.98 Å². The number of pyridine rings is 1. The minimum atomic E-state index is 0.425. The van der Waals surface area contributed by atoms with Crippen LogP contribution in [0, 0.1) is 0 Å². The summed E-state index contributed by atoms with van der Waals surface area (Å²) >= 11 is 0. The Labute approximate surface area is 157 Å². The molecule has 3 aromatic rings. The van der Waals surface area contributed by atoms with Gasteiger partial charge in [0.2, 0.25) is 0 Å². The van der Waals surface area contributed by atoms with Gasteiger partial charge in [0.1, 0.15) is 17.8 Å². The van der Waals surface area contributed by atoms with Gasteiger partial charge in [-0.05, 0) is 12.1 Å². The number of hydrogen-bond acceptors (Lipinski definition) is 7. The lowest BCUT2D eigenvalue weighted by Crippen LogP contribution is -2.39. The number of nitrogens with one attached hydrogen (secondary N) is 2. The molecular formula is C17H23N9O. The molecule has 0 unspecified atom stereocenters. The highest BCUT2D eigenvalue weighted by Crippen LogP contribution is 2.13. The first-order valence-electron chi connectivity index (χ1n) is 8.85. The van der Waals surface area contributed by atoms with Gasteiger partial charge in [0, 0.05) is 45.7 Å². The second-order valence-corrected chi connectivity index (χ2v) is 5.70. The molecule has 3 heterocycles. The Hall–Kier alpha value is -3.30. The second-order valence-electron chi connectivity index (χ2n) is 5.70. The fourth-order valence-corrected chi connectivity index (χ4v) is 2.50. The fraction of sp³-hybridized carbons (Fsp3) is 0.412. The third kappa shape index (κ3) is 5.09. The van der Waals surface area contributed by atoms with Gasteiger partial charge >= 0.3 is 0 Å². The molecule has 3 aromatic heterocycles. The molecule has 3 rings (SSSR count). The van der Waals surface area contributed by atoms with Crippen molar-refractivity contribution in [2.75, 3.05) is 20.1 Å². The van der Waals surface area contributed by atoms with Gasteiger partial charge in [0.25, 0.3) is 5.89 Å². The van der Waals surface area contributed by atoms with Crippen LogP contribution < -0.4 is 10.6 Å². The van der Waals surface area contributed by atoms with Gasteiger partial charge in [-0.3, -0.25) is 9.98 Å². The maximum Gasteiger partial charge on any atom is 0.276 e. The van der Waals surface area contributed by atoms with Gasteiger partial charge in [-0.15, -0.1) is 10.2 Å². The molecule has 10 nitrogen and oxygen atoms in total. The van der Waals surface area contributed by atoms with E-state index in [1.54, 1.807) is 19.6 Å². The van der Waals surface area contributed by atoms with Crippen LogP contribution in [-0.2, 0) is 19.4 Å². The van der Waals surface area contributed by atoms with Crippen molar-refractivity contribution in [2.24, 2.45) is 4.99 Å². The van der Waals surface area contributed by atoms with Crippen LogP contribution in [0.15, 0.2) is 40.2 Å². The molecule has 0 atom stereocenters. The first kappa shape index (κ1) is 18.5. The van der Waals surface area contributed by atoms with Gasteiger partial charge in [0.15, 0.2) is 11.8 Å². The molecule has 10 heteroatoms. The van der Waals surface area contributed by atoms with Crippen LogP contribution in [0.25, 0.3) is 11.6 Å². The molecule has 0 radical (unpaired) electrons. The van der Waals surface area contributed by atoms with Gasteiger partial charge < -0.3 is 19.7 Å². The standard InChI is InChI=1S/C17H23N9O/c1-3-15-24-22-12-26(15)11-10-21-17(18-2)20-9-7-14-23-16(27-25-14)13-6-4-5-8-19-13/h4-6,8,12H,3,7,9-11H2,1-2H3,(H2,18,20,21). The molecule has 142 valence electrons. The van der Waals surface area contributed by atoms with Crippen molar-refractivity contribution in [1.82, 2.24) is 40.5 Å². The zero-order chi connectivity index (χ0) is 18.9. The predicted octanol–water partition coefficient (Wildman–Crippen LogP) is 0.693. The van der Waals surface area contributed by atoms with Gasteiger partial charge in [0.05, 0.1) is 0 Å². The average Bonchev–Trinajstić information content (AvgIpc) is 3.36. The Morgan fingerprint density at radius 1 is 1.26 bits per heavy atom. The Morgan fingerprint density at radius 2 is 2.15 bits per heavy atom. The summed E-state index contributed by atoms with van der Waals surface area (Å²) in [5.74, 6) is 2.74. The summed E-state index contributed by atoms with van der Waals surface area (Å²) in [6.45, 7) is 4.19. The highest BCUT2D eigenvalue weighted by atomic mass is 16.5. The van der Waals surface area contributed by atoms with E-state index in [9.17, 15) is 0 Å². The molecule has 0 aromatic carbocycles. The quantitative estimate of drug-likeness (QED) is 0.440. The lowest BCUT2D eigenvalue weighted by atomic mass is 10.3. The van der Waals surface area contributed by atoms with Crippen molar-refractivity contribution in [1.29, 1.82) is 0 Å². The van der Waals surface area contributed by atoms with Crippen LogP contribution in [0.3, 0.4) is 0 Å². The second kappa shape index (κ2) is 9.41. The Morgan fingerprint density at radius 3 is 2.93 bits per heavy atom. The van der Waals surface area contributed by atoms with Crippen LogP contribution in [0.5, 0.6) is 0 Å². The molecule has 0 saturated heterocycles. The van der Waals surface area contributed by atoms with Crippen molar-refractivity contribution in [3.05, 3.63) is 42.4 Å². The number of aryl methyl sites for hydroxylation is 1. The number of nitrogens with zero attached hydrogens (tertiary/aromatic N) is 7. The number of aromatic nitrogens is 6. The van der Waals surface area contributed by atoms with Crippen LogP contribution in [0.2, 0.25) is 0 Å². The molecule has 0 aliphatic heterocycles. The van der Waals surface area contributed by atoms with E-state index in [1.807, 2.05) is 22.8 Å². The molecule has 27 heavy (non-hydrogen) atoms. The molecule has 0 bridgehead atoms. The summed E-state index contributed by atoms with van der Waals surface area (Å²) in [5.41, 5.74) is 0.669. The van der Waals surface area contributed by atoms with E-state index in [0.717, 1.165) is 31.3 Å². The third-order valence-corrected chi connectivity index (χ3v) is 3.87. The Bertz CT molecular complexity index is 856. The summed E-state index contributed by atoms with van der Waals surface area (Å²) in [7, 11) is 1.74. The summed E-state index contributed by atoms with van der Waals surface area (Å²) < 4.78 is 7.28. The summed E-state index contributed by atoms with van der Waals surface area (Å²) in [5, 5.41) is 18.5. The van der Waals surface area contributed by atoms with Crippen LogP contribution >= 0.6 is 0 Å². The molecule has 0 aliphatic rings. The van der Waals surface area contributed by atoms with Crippen LogP contribution in [0.1, 0.15) is 18.6 Å². The summed E-state index contributed by atoms with van der Waals surface area (Å²) in [6, 6.07) is 5.56. The summed E-state index contributed by atoms with van der Waals surface area (Å²) in [4.78, 5) is 12.8. The van der Waals surface area contributed by atoms with Gasteiger partial charge in [-0.25, -0.2) is 0 Å². The highest BCUT2D eigenvalue weighted by Gasteiger charge is 2.09. The van der Waals surface area contributed by atoms with E-state index in [4.69, 9.17) is 4.52 Å². The molecular weight excluding hydrogens is 346 g/mol. The Kier molecular flexibility index (Phi) is 6.45. The van der Waals surface area contributed by atoms with E-state index in [-0.39, 0.29) is 0 Å². The van der Waals surface area contributed by atoms with Crippen molar-refractivity contribution < 1.29 is 4.52 Å². The van der Waals surface area contributed by atoms with E-state index in [0.29, 0.717) is 30.4 Å². The topological polar surface area (TPSA) is 119 Å². The summed E-state index contributed by atoms with van der Waals surface area (Å²) in [6.07, 6.45) is 4.91.